The number of halogens is 1. The van der Waals surface area contributed by atoms with Gasteiger partial charge in [-0.1, -0.05) is 15.9 Å². The number of aromatic hydroxyl groups is 1. The lowest BCUT2D eigenvalue weighted by molar-refractivity contribution is 0.118. The smallest absolute Gasteiger partial charge is 0.407 e. The van der Waals surface area contributed by atoms with Crippen LogP contribution in [-0.4, -0.2) is 63.5 Å². The van der Waals surface area contributed by atoms with Gasteiger partial charge in [0.1, 0.15) is 24.1 Å². The van der Waals surface area contributed by atoms with E-state index < -0.39 is 6.09 Å². The summed E-state index contributed by atoms with van der Waals surface area (Å²) in [7, 11) is 0. The molecule has 0 radical (unpaired) electrons. The summed E-state index contributed by atoms with van der Waals surface area (Å²) in [5.74, 6) is 0.294. The van der Waals surface area contributed by atoms with Crippen LogP contribution in [0.4, 0.5) is 4.79 Å². The maximum atomic E-state index is 11.0. The Morgan fingerprint density at radius 3 is 3.09 bits per heavy atom. The summed E-state index contributed by atoms with van der Waals surface area (Å²) in [5, 5.41) is 22.7. The number of aromatic nitrogens is 2. The van der Waals surface area contributed by atoms with E-state index in [4.69, 9.17) is 9.84 Å². The highest BCUT2D eigenvalue weighted by Gasteiger charge is 2.23. The quantitative estimate of drug-likeness (QED) is 0.736. The van der Waals surface area contributed by atoms with Crippen LogP contribution >= 0.6 is 15.9 Å². The molecule has 0 saturated carbocycles. The Bertz CT molecular complexity index is 742. The van der Waals surface area contributed by atoms with E-state index in [-0.39, 0.29) is 18.5 Å². The average Bonchev–Trinajstić information content (AvgIpc) is 2.52. The van der Waals surface area contributed by atoms with Gasteiger partial charge in [-0.15, -0.1) is 0 Å². The first-order valence-electron chi connectivity index (χ1n) is 7.02. The maximum absolute atomic E-state index is 11.0. The van der Waals surface area contributed by atoms with Crippen molar-refractivity contribution in [3.8, 4) is 11.6 Å². The topological polar surface area (TPSA) is 108 Å². The van der Waals surface area contributed by atoms with Gasteiger partial charge in [0, 0.05) is 24.1 Å². The normalized spacial score (nSPS) is 18.1. The number of amides is 1. The SMILES string of the molecule is O=C(O)N1CCN[C@H](COc2cc(Br)cc3ncnc(O)c23)C1. The Hall–Kier alpha value is -2.13. The molecule has 9 heteroatoms. The lowest BCUT2D eigenvalue weighted by atomic mass is 10.2. The number of nitrogens with one attached hydrogen (secondary N) is 1. The van der Waals surface area contributed by atoms with Crippen molar-refractivity contribution in [3.05, 3.63) is 22.9 Å². The Morgan fingerprint density at radius 2 is 2.30 bits per heavy atom. The minimum Gasteiger partial charge on any atom is -0.493 e. The molecule has 1 aromatic carbocycles. The number of fused-ring (bicyclic) bond motifs is 1. The van der Waals surface area contributed by atoms with Crippen LogP contribution in [0.25, 0.3) is 10.9 Å². The summed E-state index contributed by atoms with van der Waals surface area (Å²) < 4.78 is 6.56. The number of hydrogen-bond donors (Lipinski definition) is 3. The van der Waals surface area contributed by atoms with Crippen molar-refractivity contribution in [2.45, 2.75) is 6.04 Å². The molecule has 0 aliphatic carbocycles. The first-order chi connectivity index (χ1) is 11.0. The second kappa shape index (κ2) is 6.55. The van der Waals surface area contributed by atoms with Gasteiger partial charge >= 0.3 is 6.09 Å². The molecule has 8 nitrogen and oxygen atoms in total. The summed E-state index contributed by atoms with van der Waals surface area (Å²) in [6.07, 6.45) is 0.344. The zero-order valence-corrected chi connectivity index (χ0v) is 13.7. The van der Waals surface area contributed by atoms with E-state index in [0.29, 0.717) is 36.3 Å². The molecule has 1 saturated heterocycles. The third-order valence-electron chi connectivity index (χ3n) is 3.61. The summed E-state index contributed by atoms with van der Waals surface area (Å²) in [6.45, 7) is 1.65. The van der Waals surface area contributed by atoms with Gasteiger partial charge in [0.2, 0.25) is 5.88 Å². The molecule has 1 aromatic heterocycles. The van der Waals surface area contributed by atoms with Crippen molar-refractivity contribution in [1.82, 2.24) is 20.2 Å². The van der Waals surface area contributed by atoms with Gasteiger partial charge in [-0.25, -0.2) is 14.8 Å². The van der Waals surface area contributed by atoms with Crippen LogP contribution in [-0.2, 0) is 0 Å². The third kappa shape index (κ3) is 3.45. The predicted molar refractivity (Wildman–Crippen MR) is 85.8 cm³/mol. The third-order valence-corrected chi connectivity index (χ3v) is 4.07. The van der Waals surface area contributed by atoms with E-state index in [1.165, 1.54) is 11.2 Å². The predicted octanol–water partition coefficient (Wildman–Crippen LogP) is 1.43. The second-order valence-corrected chi connectivity index (χ2v) is 6.10. The second-order valence-electron chi connectivity index (χ2n) is 5.19. The van der Waals surface area contributed by atoms with Gasteiger partial charge in [-0.05, 0) is 12.1 Å². The van der Waals surface area contributed by atoms with E-state index in [1.54, 1.807) is 12.1 Å². The van der Waals surface area contributed by atoms with E-state index in [0.717, 1.165) is 4.47 Å². The molecular formula is C14H15BrN4O4. The molecule has 122 valence electrons. The van der Waals surface area contributed by atoms with Crippen molar-refractivity contribution in [3.63, 3.8) is 0 Å². The number of rotatable bonds is 3. The van der Waals surface area contributed by atoms with E-state index in [2.05, 4.69) is 31.2 Å². The number of ether oxygens (including phenoxy) is 1. The fourth-order valence-electron chi connectivity index (χ4n) is 2.52. The summed E-state index contributed by atoms with van der Waals surface area (Å²) in [5.41, 5.74) is 0.561. The largest absolute Gasteiger partial charge is 0.493 e. The minimum atomic E-state index is -0.935. The van der Waals surface area contributed by atoms with Gasteiger partial charge in [0.15, 0.2) is 0 Å². The molecular weight excluding hydrogens is 368 g/mol. The van der Waals surface area contributed by atoms with Gasteiger partial charge < -0.3 is 25.2 Å². The molecule has 1 amide bonds. The van der Waals surface area contributed by atoms with Gasteiger partial charge in [-0.3, -0.25) is 0 Å². The number of nitrogens with zero attached hydrogens (tertiary/aromatic N) is 3. The standard InChI is InChI=1S/C14H15BrN4O4/c15-8-3-10-12(13(20)18-7-17-10)11(4-8)23-6-9-5-19(14(21)22)2-1-16-9/h3-4,7,9,16H,1-2,5-6H2,(H,21,22)(H,17,18,20)/t9-/m0/s1. The van der Waals surface area contributed by atoms with Crippen molar-refractivity contribution in [1.29, 1.82) is 0 Å². The number of carboxylic acid groups (broad SMARTS) is 1. The molecule has 23 heavy (non-hydrogen) atoms. The highest BCUT2D eigenvalue weighted by molar-refractivity contribution is 9.10. The average molecular weight is 383 g/mol. The van der Waals surface area contributed by atoms with E-state index in [9.17, 15) is 9.90 Å². The van der Waals surface area contributed by atoms with Crippen LogP contribution in [0.5, 0.6) is 11.6 Å². The molecule has 2 heterocycles. The molecule has 1 fully saturated rings. The summed E-state index contributed by atoms with van der Waals surface area (Å²) in [6, 6.07) is 3.36. The lowest BCUT2D eigenvalue weighted by Crippen LogP contribution is -2.54. The summed E-state index contributed by atoms with van der Waals surface area (Å²) >= 11 is 3.38. The van der Waals surface area contributed by atoms with Gasteiger partial charge in [0.05, 0.1) is 11.6 Å². The minimum absolute atomic E-state index is 0.124. The molecule has 0 unspecified atom stereocenters. The van der Waals surface area contributed by atoms with Crippen molar-refractivity contribution in [2.24, 2.45) is 0 Å². The van der Waals surface area contributed by atoms with Crippen LogP contribution in [0, 0.1) is 0 Å². The van der Waals surface area contributed by atoms with Crippen LogP contribution in [0.2, 0.25) is 0 Å². The molecule has 3 N–H and O–H groups in total. The fourth-order valence-corrected chi connectivity index (χ4v) is 2.94. The molecule has 1 aliphatic rings. The van der Waals surface area contributed by atoms with Gasteiger partial charge in [0.25, 0.3) is 0 Å². The molecule has 0 spiro atoms. The van der Waals surface area contributed by atoms with Crippen LogP contribution in [0.15, 0.2) is 22.9 Å². The van der Waals surface area contributed by atoms with Crippen LogP contribution in [0.1, 0.15) is 0 Å². The monoisotopic (exact) mass is 382 g/mol. The Balaban J connectivity index is 1.78. The lowest BCUT2D eigenvalue weighted by Gasteiger charge is -2.31. The molecule has 1 atom stereocenters. The highest BCUT2D eigenvalue weighted by Crippen LogP contribution is 2.33. The highest BCUT2D eigenvalue weighted by atomic mass is 79.9. The van der Waals surface area contributed by atoms with Crippen LogP contribution < -0.4 is 10.1 Å². The zero-order chi connectivity index (χ0) is 16.4. The van der Waals surface area contributed by atoms with Crippen LogP contribution in [0.3, 0.4) is 0 Å². The zero-order valence-electron chi connectivity index (χ0n) is 12.1. The molecule has 0 bridgehead atoms. The van der Waals surface area contributed by atoms with E-state index >= 15 is 0 Å². The van der Waals surface area contributed by atoms with Gasteiger partial charge in [-0.2, -0.15) is 0 Å². The number of benzene rings is 1. The number of carbonyl (C=O) groups is 1. The molecule has 3 rings (SSSR count). The molecule has 1 aliphatic heterocycles. The number of hydrogen-bond acceptors (Lipinski definition) is 6. The first kappa shape index (κ1) is 15.8. The van der Waals surface area contributed by atoms with Crippen molar-refractivity contribution >= 4 is 32.9 Å². The van der Waals surface area contributed by atoms with E-state index in [1.807, 2.05) is 0 Å². The fraction of sp³-hybridized carbons (Fsp3) is 0.357. The number of piperazine rings is 1. The summed E-state index contributed by atoms with van der Waals surface area (Å²) in [4.78, 5) is 20.3. The first-order valence-corrected chi connectivity index (χ1v) is 7.81. The Morgan fingerprint density at radius 1 is 1.48 bits per heavy atom. The Labute approximate surface area is 140 Å². The Kier molecular flexibility index (Phi) is 4.49. The van der Waals surface area contributed by atoms with Crippen molar-refractivity contribution in [2.75, 3.05) is 26.2 Å². The van der Waals surface area contributed by atoms with Crippen molar-refractivity contribution < 1.29 is 19.7 Å². The molecule has 2 aromatic rings. The maximum Gasteiger partial charge on any atom is 0.407 e.